The first-order valence-corrected chi connectivity index (χ1v) is 5.78. The van der Waals surface area contributed by atoms with Crippen molar-refractivity contribution < 1.29 is 14.6 Å². The van der Waals surface area contributed by atoms with E-state index in [-0.39, 0.29) is 12.5 Å². The predicted octanol–water partition coefficient (Wildman–Crippen LogP) is 0.0174. The minimum Gasteiger partial charge on any atom is -0.481 e. The van der Waals surface area contributed by atoms with Crippen LogP contribution in [0.25, 0.3) is 0 Å². The number of hydrogen-bond donors (Lipinski definition) is 2. The topological polar surface area (TPSA) is 61.8 Å². The number of nitrogens with one attached hydrogen (secondary N) is 1. The van der Waals surface area contributed by atoms with E-state index < -0.39 is 5.97 Å². The van der Waals surface area contributed by atoms with Crippen molar-refractivity contribution >= 4 is 5.97 Å². The molecular formula is C11H22N2O3. The van der Waals surface area contributed by atoms with E-state index in [0.29, 0.717) is 12.5 Å². The summed E-state index contributed by atoms with van der Waals surface area (Å²) >= 11 is 0. The Morgan fingerprint density at radius 1 is 1.56 bits per heavy atom. The van der Waals surface area contributed by atoms with Gasteiger partial charge in [0, 0.05) is 32.8 Å². The highest BCUT2D eigenvalue weighted by Crippen LogP contribution is 2.08. The molecular weight excluding hydrogens is 208 g/mol. The summed E-state index contributed by atoms with van der Waals surface area (Å²) in [6.45, 7) is 6.44. The van der Waals surface area contributed by atoms with Crippen molar-refractivity contribution in [3.05, 3.63) is 0 Å². The largest absolute Gasteiger partial charge is 0.481 e. The van der Waals surface area contributed by atoms with Gasteiger partial charge in [-0.2, -0.15) is 0 Å². The van der Waals surface area contributed by atoms with Crippen LogP contribution in [0.2, 0.25) is 0 Å². The van der Waals surface area contributed by atoms with Crippen LogP contribution in [0.5, 0.6) is 0 Å². The van der Waals surface area contributed by atoms with Crippen LogP contribution in [0.4, 0.5) is 0 Å². The summed E-state index contributed by atoms with van der Waals surface area (Å²) < 4.78 is 5.06. The number of hydrogen-bond acceptors (Lipinski definition) is 4. The molecule has 5 nitrogen and oxygen atoms in total. The fraction of sp³-hybridized carbons (Fsp3) is 0.909. The molecule has 0 aliphatic carbocycles. The zero-order chi connectivity index (χ0) is 12.0. The molecule has 0 spiro atoms. The van der Waals surface area contributed by atoms with Crippen molar-refractivity contribution in [2.24, 2.45) is 5.92 Å². The van der Waals surface area contributed by atoms with E-state index in [2.05, 4.69) is 17.1 Å². The molecule has 94 valence electrons. The first-order chi connectivity index (χ1) is 7.61. The van der Waals surface area contributed by atoms with E-state index in [0.717, 1.165) is 26.2 Å². The van der Waals surface area contributed by atoms with Crippen LogP contribution >= 0.6 is 0 Å². The lowest BCUT2D eigenvalue weighted by Gasteiger charge is -2.23. The van der Waals surface area contributed by atoms with Crippen LogP contribution in [0.15, 0.2) is 0 Å². The quantitative estimate of drug-likeness (QED) is 0.697. The third-order valence-corrected chi connectivity index (χ3v) is 2.84. The molecule has 1 fully saturated rings. The fourth-order valence-corrected chi connectivity index (χ4v) is 2.07. The molecule has 2 unspecified atom stereocenters. The first-order valence-electron chi connectivity index (χ1n) is 5.78. The molecule has 0 aromatic carbocycles. The molecule has 1 aliphatic heterocycles. The van der Waals surface area contributed by atoms with Gasteiger partial charge in [-0.25, -0.2) is 0 Å². The van der Waals surface area contributed by atoms with Crippen LogP contribution in [-0.4, -0.2) is 61.9 Å². The van der Waals surface area contributed by atoms with Crippen LogP contribution in [0.3, 0.4) is 0 Å². The number of nitrogens with zero attached hydrogens (tertiary/aromatic N) is 1. The van der Waals surface area contributed by atoms with Gasteiger partial charge in [0.2, 0.25) is 0 Å². The van der Waals surface area contributed by atoms with Crippen molar-refractivity contribution in [3.8, 4) is 0 Å². The average Bonchev–Trinajstić information content (AvgIpc) is 2.37. The molecule has 0 aromatic rings. The second-order valence-corrected chi connectivity index (χ2v) is 4.56. The van der Waals surface area contributed by atoms with Crippen LogP contribution in [-0.2, 0) is 9.53 Å². The van der Waals surface area contributed by atoms with E-state index in [1.807, 2.05) is 0 Å². The molecule has 1 rings (SSSR count). The van der Waals surface area contributed by atoms with Gasteiger partial charge in [0.05, 0.1) is 13.0 Å². The van der Waals surface area contributed by atoms with Crippen LogP contribution in [0.1, 0.15) is 13.3 Å². The van der Waals surface area contributed by atoms with Gasteiger partial charge < -0.3 is 15.2 Å². The standard InChI is InChI=1S/C11H22N2O3/c1-9-6-12-10(5-11(14)15)8-13(7-9)3-4-16-2/h9-10,12H,3-8H2,1-2H3,(H,14,15). The Balaban J connectivity index is 2.45. The Kier molecular flexibility index (Phi) is 5.73. The Bertz CT molecular complexity index is 223. The molecule has 0 saturated carbocycles. The number of carboxylic acids is 1. The molecule has 1 heterocycles. The second-order valence-electron chi connectivity index (χ2n) is 4.56. The maximum atomic E-state index is 10.7. The first kappa shape index (κ1) is 13.4. The lowest BCUT2D eigenvalue weighted by Crippen LogP contribution is -2.40. The molecule has 0 amide bonds. The molecule has 1 aliphatic rings. The fourth-order valence-electron chi connectivity index (χ4n) is 2.07. The highest BCUT2D eigenvalue weighted by Gasteiger charge is 2.22. The Morgan fingerprint density at radius 3 is 2.94 bits per heavy atom. The lowest BCUT2D eigenvalue weighted by atomic mass is 10.2. The molecule has 5 heteroatoms. The second kappa shape index (κ2) is 6.83. The summed E-state index contributed by atoms with van der Waals surface area (Å²) in [4.78, 5) is 13.0. The van der Waals surface area contributed by atoms with Gasteiger partial charge in [-0.1, -0.05) is 6.92 Å². The lowest BCUT2D eigenvalue weighted by molar-refractivity contribution is -0.137. The average molecular weight is 230 g/mol. The number of ether oxygens (including phenoxy) is 1. The van der Waals surface area contributed by atoms with E-state index in [1.54, 1.807) is 7.11 Å². The van der Waals surface area contributed by atoms with Gasteiger partial charge in [-0.05, 0) is 12.5 Å². The van der Waals surface area contributed by atoms with Crippen molar-refractivity contribution in [2.45, 2.75) is 19.4 Å². The van der Waals surface area contributed by atoms with Gasteiger partial charge in [0.15, 0.2) is 0 Å². The third kappa shape index (κ3) is 4.92. The molecule has 0 bridgehead atoms. The number of carboxylic acid groups (broad SMARTS) is 1. The highest BCUT2D eigenvalue weighted by molar-refractivity contribution is 5.67. The number of carbonyl (C=O) groups is 1. The predicted molar refractivity (Wildman–Crippen MR) is 61.5 cm³/mol. The van der Waals surface area contributed by atoms with Gasteiger partial charge >= 0.3 is 5.97 Å². The summed E-state index contributed by atoms with van der Waals surface area (Å²) in [6, 6.07) is 0.0549. The smallest absolute Gasteiger partial charge is 0.304 e. The van der Waals surface area contributed by atoms with Crippen LogP contribution < -0.4 is 5.32 Å². The Hall–Kier alpha value is -0.650. The zero-order valence-corrected chi connectivity index (χ0v) is 10.1. The minimum absolute atomic E-state index is 0.0549. The SMILES string of the molecule is COCCN1CC(C)CNC(CC(=O)O)C1. The molecule has 2 atom stereocenters. The normalized spacial score (nSPS) is 27.6. The van der Waals surface area contributed by atoms with Gasteiger partial charge in [0.25, 0.3) is 0 Å². The van der Waals surface area contributed by atoms with E-state index in [9.17, 15) is 4.79 Å². The summed E-state index contributed by atoms with van der Waals surface area (Å²) in [5.41, 5.74) is 0. The zero-order valence-electron chi connectivity index (χ0n) is 10.1. The Labute approximate surface area is 96.8 Å². The van der Waals surface area contributed by atoms with Crippen molar-refractivity contribution in [3.63, 3.8) is 0 Å². The van der Waals surface area contributed by atoms with E-state index >= 15 is 0 Å². The van der Waals surface area contributed by atoms with Crippen LogP contribution in [0, 0.1) is 5.92 Å². The van der Waals surface area contributed by atoms with Gasteiger partial charge in [0.1, 0.15) is 0 Å². The Morgan fingerprint density at radius 2 is 2.31 bits per heavy atom. The van der Waals surface area contributed by atoms with Crippen molar-refractivity contribution in [1.29, 1.82) is 0 Å². The number of aliphatic carboxylic acids is 1. The van der Waals surface area contributed by atoms with E-state index in [4.69, 9.17) is 9.84 Å². The van der Waals surface area contributed by atoms with Crippen molar-refractivity contribution in [1.82, 2.24) is 10.2 Å². The third-order valence-electron chi connectivity index (χ3n) is 2.84. The maximum absolute atomic E-state index is 10.7. The van der Waals surface area contributed by atoms with Gasteiger partial charge in [-0.3, -0.25) is 9.69 Å². The summed E-state index contributed by atoms with van der Waals surface area (Å²) in [5.74, 6) is -0.186. The minimum atomic E-state index is -0.737. The highest BCUT2D eigenvalue weighted by atomic mass is 16.5. The molecule has 0 aromatic heterocycles. The van der Waals surface area contributed by atoms with Crippen molar-refractivity contribution in [2.75, 3.05) is 39.9 Å². The summed E-state index contributed by atoms with van der Waals surface area (Å²) in [6.07, 6.45) is 0.191. The summed E-state index contributed by atoms with van der Waals surface area (Å²) in [7, 11) is 1.69. The van der Waals surface area contributed by atoms with Gasteiger partial charge in [-0.15, -0.1) is 0 Å². The molecule has 2 N–H and O–H groups in total. The molecule has 1 saturated heterocycles. The maximum Gasteiger partial charge on any atom is 0.304 e. The van der Waals surface area contributed by atoms with E-state index in [1.165, 1.54) is 0 Å². The number of methoxy groups -OCH3 is 1. The molecule has 16 heavy (non-hydrogen) atoms. The summed E-state index contributed by atoms with van der Waals surface area (Å²) in [5, 5.41) is 12.1. The number of rotatable bonds is 5. The molecule has 0 radical (unpaired) electrons. The monoisotopic (exact) mass is 230 g/mol.